The van der Waals surface area contributed by atoms with E-state index in [2.05, 4.69) is 0 Å². The second kappa shape index (κ2) is 6.36. The van der Waals surface area contributed by atoms with Crippen molar-refractivity contribution >= 4 is 11.6 Å². The van der Waals surface area contributed by atoms with Crippen LogP contribution in [0.15, 0.2) is 6.07 Å². The number of phenols is 2. The molecule has 19 heavy (non-hydrogen) atoms. The van der Waals surface area contributed by atoms with Crippen LogP contribution in [0, 0.1) is 6.92 Å². The molecule has 0 fully saturated rings. The van der Waals surface area contributed by atoms with Crippen molar-refractivity contribution in [2.24, 2.45) is 0 Å². The average Bonchev–Trinajstić information content (AvgIpc) is 2.36. The third-order valence-electron chi connectivity index (χ3n) is 3.06. The number of hydrogen-bond acceptors (Lipinski definition) is 4. The van der Waals surface area contributed by atoms with Gasteiger partial charge in [0.1, 0.15) is 11.5 Å². The zero-order valence-corrected chi connectivity index (χ0v) is 11.6. The van der Waals surface area contributed by atoms with E-state index in [0.717, 1.165) is 0 Å². The summed E-state index contributed by atoms with van der Waals surface area (Å²) in [5.74, 6) is -0.893. The van der Waals surface area contributed by atoms with Crippen molar-refractivity contribution in [2.75, 3.05) is 0 Å². The van der Waals surface area contributed by atoms with E-state index in [-0.39, 0.29) is 39.8 Å². The van der Waals surface area contributed by atoms with E-state index in [4.69, 9.17) is 0 Å². The molecule has 0 amide bonds. The molecule has 1 aromatic carbocycles. The highest BCUT2D eigenvalue weighted by molar-refractivity contribution is 6.05. The molecule has 0 aliphatic heterocycles. The summed E-state index contributed by atoms with van der Waals surface area (Å²) in [6.45, 7) is 5.23. The van der Waals surface area contributed by atoms with E-state index >= 15 is 0 Å². The second-order valence-electron chi connectivity index (χ2n) is 4.64. The summed E-state index contributed by atoms with van der Waals surface area (Å²) < 4.78 is 0. The Morgan fingerprint density at radius 2 is 1.32 bits per heavy atom. The van der Waals surface area contributed by atoms with Gasteiger partial charge in [-0.15, -0.1) is 0 Å². The van der Waals surface area contributed by atoms with Gasteiger partial charge >= 0.3 is 0 Å². The minimum absolute atomic E-state index is 0.122. The van der Waals surface area contributed by atoms with Crippen molar-refractivity contribution in [3.05, 3.63) is 22.8 Å². The maximum Gasteiger partial charge on any atom is 0.166 e. The predicted octanol–water partition coefficient (Wildman–Crippen LogP) is 3.37. The summed E-state index contributed by atoms with van der Waals surface area (Å²) in [6.07, 6.45) is 1.94. The zero-order valence-electron chi connectivity index (χ0n) is 11.6. The average molecular weight is 264 g/mol. The van der Waals surface area contributed by atoms with Crippen molar-refractivity contribution in [3.8, 4) is 11.5 Å². The van der Waals surface area contributed by atoms with Gasteiger partial charge in [0.25, 0.3) is 0 Å². The van der Waals surface area contributed by atoms with Crippen molar-refractivity contribution in [2.45, 2.75) is 46.5 Å². The highest BCUT2D eigenvalue weighted by Crippen LogP contribution is 2.35. The minimum Gasteiger partial charge on any atom is -0.507 e. The Kier molecular flexibility index (Phi) is 5.10. The number of hydrogen-bond donors (Lipinski definition) is 2. The molecule has 0 aromatic heterocycles. The molecule has 0 bridgehead atoms. The lowest BCUT2D eigenvalue weighted by molar-refractivity contribution is 0.0978. The first-order valence-electron chi connectivity index (χ1n) is 6.55. The first-order valence-corrected chi connectivity index (χ1v) is 6.55. The fourth-order valence-electron chi connectivity index (χ4n) is 1.95. The summed E-state index contributed by atoms with van der Waals surface area (Å²) >= 11 is 0. The lowest BCUT2D eigenvalue weighted by atomic mass is 9.95. The van der Waals surface area contributed by atoms with Crippen LogP contribution in [0.1, 0.15) is 65.8 Å². The summed E-state index contributed by atoms with van der Waals surface area (Å²) in [5, 5.41) is 19.8. The van der Waals surface area contributed by atoms with Crippen LogP contribution < -0.4 is 0 Å². The Balaban J connectivity index is 3.34. The Labute approximate surface area is 113 Å². The summed E-state index contributed by atoms with van der Waals surface area (Å²) in [5.41, 5.74) is 0.426. The van der Waals surface area contributed by atoms with Crippen molar-refractivity contribution < 1.29 is 19.8 Å². The van der Waals surface area contributed by atoms with Gasteiger partial charge in [0, 0.05) is 18.4 Å². The first kappa shape index (κ1) is 15.2. The Hall–Kier alpha value is -1.84. The molecular formula is C15H20O4. The predicted molar refractivity (Wildman–Crippen MR) is 73.0 cm³/mol. The van der Waals surface area contributed by atoms with E-state index in [9.17, 15) is 19.8 Å². The topological polar surface area (TPSA) is 74.6 Å². The minimum atomic E-state index is -0.232. The van der Waals surface area contributed by atoms with Crippen LogP contribution in [-0.4, -0.2) is 21.8 Å². The zero-order chi connectivity index (χ0) is 14.6. The van der Waals surface area contributed by atoms with Gasteiger partial charge in [-0.3, -0.25) is 9.59 Å². The number of Topliss-reactive ketones (excluding diaryl/α,β-unsaturated/α-hetero) is 2. The molecule has 104 valence electrons. The van der Waals surface area contributed by atoms with E-state index in [1.54, 1.807) is 0 Å². The fraction of sp³-hybridized carbons (Fsp3) is 0.467. The number of benzene rings is 1. The van der Waals surface area contributed by atoms with E-state index in [0.29, 0.717) is 25.7 Å². The first-order chi connectivity index (χ1) is 8.93. The lowest BCUT2D eigenvalue weighted by Gasteiger charge is -2.12. The van der Waals surface area contributed by atoms with E-state index in [1.165, 1.54) is 13.0 Å². The molecule has 4 heteroatoms. The van der Waals surface area contributed by atoms with Crippen molar-refractivity contribution in [1.82, 2.24) is 0 Å². The molecule has 2 N–H and O–H groups in total. The number of ketones is 2. The third-order valence-corrected chi connectivity index (χ3v) is 3.06. The molecule has 1 aromatic rings. The van der Waals surface area contributed by atoms with Crippen LogP contribution in [0.4, 0.5) is 0 Å². The smallest absolute Gasteiger partial charge is 0.166 e. The van der Waals surface area contributed by atoms with Gasteiger partial charge in [-0.05, 0) is 25.8 Å². The molecule has 0 unspecified atom stereocenters. The Morgan fingerprint density at radius 3 is 1.63 bits per heavy atom. The third kappa shape index (κ3) is 3.13. The summed E-state index contributed by atoms with van der Waals surface area (Å²) in [7, 11) is 0. The maximum atomic E-state index is 11.9. The molecule has 0 spiro atoms. The highest BCUT2D eigenvalue weighted by Gasteiger charge is 2.21. The SMILES string of the molecule is CCCC(=O)c1cc(C(=O)CCC)c(O)c(C)c1O. The van der Waals surface area contributed by atoms with Crippen LogP contribution in [0.3, 0.4) is 0 Å². The van der Waals surface area contributed by atoms with E-state index in [1.807, 2.05) is 13.8 Å². The maximum absolute atomic E-state index is 11.9. The van der Waals surface area contributed by atoms with Gasteiger partial charge in [-0.1, -0.05) is 13.8 Å². The fourth-order valence-corrected chi connectivity index (χ4v) is 1.95. The van der Waals surface area contributed by atoms with Crippen molar-refractivity contribution in [1.29, 1.82) is 0 Å². The molecule has 0 aliphatic rings. The molecule has 0 aliphatic carbocycles. The molecule has 0 saturated heterocycles. The lowest BCUT2D eigenvalue weighted by Crippen LogP contribution is -2.06. The van der Waals surface area contributed by atoms with Crippen LogP contribution in [0.25, 0.3) is 0 Å². The molecular weight excluding hydrogens is 244 g/mol. The van der Waals surface area contributed by atoms with Gasteiger partial charge in [-0.2, -0.15) is 0 Å². The van der Waals surface area contributed by atoms with Gasteiger partial charge in [0.2, 0.25) is 0 Å². The monoisotopic (exact) mass is 264 g/mol. The standard InChI is InChI=1S/C15H20O4/c1-4-6-12(16)10-8-11(13(17)7-5-2)15(19)9(3)14(10)18/h8,18-19H,4-7H2,1-3H3. The van der Waals surface area contributed by atoms with Gasteiger partial charge in [0.15, 0.2) is 11.6 Å². The quantitative estimate of drug-likeness (QED) is 0.772. The molecule has 0 radical (unpaired) electrons. The van der Waals surface area contributed by atoms with Crippen LogP contribution in [0.2, 0.25) is 0 Å². The molecule has 0 atom stereocenters. The highest BCUT2D eigenvalue weighted by atomic mass is 16.3. The summed E-state index contributed by atoms with van der Waals surface area (Å²) in [4.78, 5) is 23.8. The molecule has 1 rings (SSSR count). The van der Waals surface area contributed by atoms with Crippen LogP contribution >= 0.6 is 0 Å². The van der Waals surface area contributed by atoms with Crippen LogP contribution in [0.5, 0.6) is 11.5 Å². The second-order valence-corrected chi connectivity index (χ2v) is 4.64. The van der Waals surface area contributed by atoms with Gasteiger partial charge < -0.3 is 10.2 Å². The molecule has 0 heterocycles. The summed E-state index contributed by atoms with van der Waals surface area (Å²) in [6, 6.07) is 1.31. The van der Waals surface area contributed by atoms with Gasteiger partial charge in [0.05, 0.1) is 11.1 Å². The molecule has 4 nitrogen and oxygen atoms in total. The number of aromatic hydroxyl groups is 2. The van der Waals surface area contributed by atoms with Crippen molar-refractivity contribution in [3.63, 3.8) is 0 Å². The Bertz CT molecular complexity index is 461. The molecule has 0 saturated carbocycles. The van der Waals surface area contributed by atoms with E-state index < -0.39 is 0 Å². The Morgan fingerprint density at radius 1 is 0.947 bits per heavy atom. The largest absolute Gasteiger partial charge is 0.507 e. The normalized spacial score (nSPS) is 10.5. The van der Waals surface area contributed by atoms with Gasteiger partial charge in [-0.25, -0.2) is 0 Å². The number of carbonyl (C=O) groups excluding carboxylic acids is 2. The number of rotatable bonds is 6. The number of phenolic OH excluding ortho intramolecular Hbond substituents is 2. The van der Waals surface area contributed by atoms with Crippen LogP contribution in [-0.2, 0) is 0 Å². The number of carbonyl (C=O) groups is 2.